The monoisotopic (exact) mass is 504 g/mol. The van der Waals surface area contributed by atoms with E-state index in [1.165, 1.54) is 27.3 Å². The number of rotatable bonds is 4. The minimum atomic E-state index is -0.200. The Hall–Kier alpha value is -3.01. The minimum Gasteiger partial charge on any atom is -0.376 e. The molecule has 0 bridgehead atoms. The van der Waals surface area contributed by atoms with E-state index in [9.17, 15) is 9.59 Å². The van der Waals surface area contributed by atoms with Crippen LogP contribution in [0.4, 0.5) is 5.82 Å². The standard InChI is InChI=1S/C26H24N4O3S2/c31-24-20(14-21-25(32)30(26(34)35-21)16-19-8-5-13-33-19)23(27-22-9-3-4-11-29(22)24)28-12-10-17-6-1-2-7-18(17)15-28/h1-4,6-7,9,11,14,19H,5,8,10,12-13,15-16H2/b21-14-/t19-/m0/s1. The highest BCUT2D eigenvalue weighted by molar-refractivity contribution is 8.26. The number of amides is 1. The van der Waals surface area contributed by atoms with Gasteiger partial charge >= 0.3 is 0 Å². The molecule has 1 atom stereocenters. The number of aromatic nitrogens is 2. The van der Waals surface area contributed by atoms with Gasteiger partial charge in [0.25, 0.3) is 11.5 Å². The Morgan fingerprint density at radius 1 is 1.14 bits per heavy atom. The van der Waals surface area contributed by atoms with E-state index in [2.05, 4.69) is 23.1 Å². The molecule has 1 aromatic carbocycles. The zero-order valence-electron chi connectivity index (χ0n) is 19.1. The Bertz CT molecular complexity index is 1430. The van der Waals surface area contributed by atoms with Crippen LogP contribution < -0.4 is 10.5 Å². The largest absolute Gasteiger partial charge is 0.376 e. The third-order valence-corrected chi connectivity index (χ3v) is 8.12. The van der Waals surface area contributed by atoms with Crippen LogP contribution in [-0.4, -0.2) is 50.3 Å². The van der Waals surface area contributed by atoms with E-state index < -0.39 is 0 Å². The topological polar surface area (TPSA) is 67.2 Å². The Kier molecular flexibility index (Phi) is 5.91. The second kappa shape index (κ2) is 9.22. The molecule has 35 heavy (non-hydrogen) atoms. The lowest BCUT2D eigenvalue weighted by molar-refractivity contribution is -0.123. The Morgan fingerprint density at radius 2 is 1.97 bits per heavy atom. The predicted molar refractivity (Wildman–Crippen MR) is 142 cm³/mol. The lowest BCUT2D eigenvalue weighted by Crippen LogP contribution is -2.35. The maximum absolute atomic E-state index is 13.6. The number of ether oxygens (including phenoxy) is 1. The van der Waals surface area contributed by atoms with Crippen LogP contribution in [0.1, 0.15) is 29.5 Å². The van der Waals surface area contributed by atoms with Crippen LogP contribution in [0.15, 0.2) is 58.4 Å². The number of nitrogens with zero attached hydrogens (tertiary/aromatic N) is 4. The van der Waals surface area contributed by atoms with Crippen molar-refractivity contribution in [1.82, 2.24) is 14.3 Å². The van der Waals surface area contributed by atoms with Gasteiger partial charge in [0.2, 0.25) is 0 Å². The summed E-state index contributed by atoms with van der Waals surface area (Å²) in [7, 11) is 0. The fraction of sp³-hybridized carbons (Fsp3) is 0.308. The van der Waals surface area contributed by atoms with Gasteiger partial charge in [-0.3, -0.25) is 18.9 Å². The number of hydrogen-bond acceptors (Lipinski definition) is 7. The molecule has 2 fully saturated rings. The molecule has 0 spiro atoms. The number of carbonyl (C=O) groups excluding carboxylic acids is 1. The van der Waals surface area contributed by atoms with Crippen molar-refractivity contribution < 1.29 is 9.53 Å². The molecule has 7 nitrogen and oxygen atoms in total. The molecule has 3 aliphatic heterocycles. The van der Waals surface area contributed by atoms with Crippen LogP contribution in [0.25, 0.3) is 11.7 Å². The number of fused-ring (bicyclic) bond motifs is 2. The van der Waals surface area contributed by atoms with E-state index >= 15 is 0 Å². The van der Waals surface area contributed by atoms with Crippen LogP contribution >= 0.6 is 24.0 Å². The van der Waals surface area contributed by atoms with Crippen molar-refractivity contribution in [3.05, 3.63) is 80.6 Å². The summed E-state index contributed by atoms with van der Waals surface area (Å²) >= 11 is 6.76. The lowest BCUT2D eigenvalue weighted by Gasteiger charge is -2.30. The molecule has 6 rings (SSSR count). The third-order valence-electron chi connectivity index (χ3n) is 6.74. The van der Waals surface area contributed by atoms with Crippen LogP contribution in [-0.2, 0) is 22.5 Å². The summed E-state index contributed by atoms with van der Waals surface area (Å²) in [6.07, 6.45) is 6.19. The average Bonchev–Trinajstić information content (AvgIpc) is 3.49. The van der Waals surface area contributed by atoms with Crippen LogP contribution in [0, 0.1) is 0 Å². The second-order valence-corrected chi connectivity index (χ2v) is 10.6. The Balaban J connectivity index is 1.41. The highest BCUT2D eigenvalue weighted by Gasteiger charge is 2.35. The molecule has 0 saturated carbocycles. The summed E-state index contributed by atoms with van der Waals surface area (Å²) < 4.78 is 7.73. The van der Waals surface area contributed by atoms with E-state index in [1.54, 1.807) is 23.2 Å². The van der Waals surface area contributed by atoms with Gasteiger partial charge in [-0.25, -0.2) is 4.98 Å². The van der Waals surface area contributed by atoms with Gasteiger partial charge in [-0.15, -0.1) is 0 Å². The zero-order chi connectivity index (χ0) is 23.9. The average molecular weight is 505 g/mol. The number of anilines is 1. The SMILES string of the molecule is O=C1/C(=C/c2c(N3CCc4ccccc4C3)nc3ccccn3c2=O)SC(=S)N1C[C@@H]1CCCO1. The number of thiocarbonyl (C=S) groups is 1. The number of hydrogen-bond donors (Lipinski definition) is 0. The summed E-state index contributed by atoms with van der Waals surface area (Å²) in [5.74, 6) is 0.420. The molecular formula is C26H24N4O3S2. The van der Waals surface area contributed by atoms with Crippen molar-refractivity contribution in [3.63, 3.8) is 0 Å². The Labute approximate surface area is 212 Å². The molecule has 2 aromatic heterocycles. The molecule has 5 heterocycles. The molecule has 0 N–H and O–H groups in total. The van der Waals surface area contributed by atoms with Gasteiger partial charge in [0.1, 0.15) is 15.8 Å². The number of carbonyl (C=O) groups is 1. The third kappa shape index (κ3) is 4.17. The first kappa shape index (κ1) is 22.5. The molecule has 1 amide bonds. The van der Waals surface area contributed by atoms with Crippen molar-refractivity contribution in [1.29, 1.82) is 0 Å². The first-order valence-electron chi connectivity index (χ1n) is 11.8. The smallest absolute Gasteiger partial charge is 0.267 e. The molecule has 0 radical (unpaired) electrons. The number of benzene rings is 1. The summed E-state index contributed by atoms with van der Waals surface area (Å²) in [6.45, 7) is 2.57. The molecular weight excluding hydrogens is 480 g/mol. The highest BCUT2D eigenvalue weighted by Crippen LogP contribution is 2.35. The van der Waals surface area contributed by atoms with E-state index in [0.29, 0.717) is 39.3 Å². The predicted octanol–water partition coefficient (Wildman–Crippen LogP) is 3.64. The Morgan fingerprint density at radius 3 is 2.80 bits per heavy atom. The van der Waals surface area contributed by atoms with Gasteiger partial charge in [-0.05, 0) is 48.6 Å². The van der Waals surface area contributed by atoms with Crippen LogP contribution in [0.5, 0.6) is 0 Å². The fourth-order valence-corrected chi connectivity index (χ4v) is 6.17. The first-order valence-corrected chi connectivity index (χ1v) is 13.0. The summed E-state index contributed by atoms with van der Waals surface area (Å²) in [6, 6.07) is 13.9. The maximum Gasteiger partial charge on any atom is 0.267 e. The van der Waals surface area contributed by atoms with Crippen molar-refractivity contribution in [2.75, 3.05) is 24.6 Å². The minimum absolute atomic E-state index is 0.00814. The second-order valence-electron chi connectivity index (χ2n) is 8.95. The van der Waals surface area contributed by atoms with Gasteiger partial charge in [0.05, 0.1) is 23.1 Å². The van der Waals surface area contributed by atoms with Gasteiger partial charge in [0.15, 0.2) is 0 Å². The van der Waals surface area contributed by atoms with Crippen molar-refractivity contribution in [2.24, 2.45) is 0 Å². The van der Waals surface area contributed by atoms with Gasteiger partial charge in [-0.2, -0.15) is 0 Å². The van der Waals surface area contributed by atoms with E-state index in [1.807, 2.05) is 18.2 Å². The summed E-state index contributed by atoms with van der Waals surface area (Å²) in [5, 5.41) is 0. The lowest BCUT2D eigenvalue weighted by atomic mass is 9.99. The summed E-state index contributed by atoms with van der Waals surface area (Å²) in [4.78, 5) is 36.0. The number of thioether (sulfide) groups is 1. The van der Waals surface area contributed by atoms with Crippen molar-refractivity contribution in [3.8, 4) is 0 Å². The molecule has 2 saturated heterocycles. The fourth-order valence-electron chi connectivity index (χ4n) is 4.92. The first-order chi connectivity index (χ1) is 17.1. The van der Waals surface area contributed by atoms with Gasteiger partial charge < -0.3 is 9.64 Å². The highest BCUT2D eigenvalue weighted by atomic mass is 32.2. The van der Waals surface area contributed by atoms with Crippen molar-refractivity contribution >= 4 is 51.7 Å². The van der Waals surface area contributed by atoms with Crippen LogP contribution in [0.3, 0.4) is 0 Å². The molecule has 0 unspecified atom stereocenters. The molecule has 0 aliphatic carbocycles. The maximum atomic E-state index is 13.6. The number of pyridine rings is 1. The van der Waals surface area contributed by atoms with Gasteiger partial charge in [0, 0.05) is 25.9 Å². The van der Waals surface area contributed by atoms with Crippen LogP contribution in [0.2, 0.25) is 0 Å². The molecule has 3 aliphatic rings. The van der Waals surface area contributed by atoms with E-state index in [-0.39, 0.29) is 17.6 Å². The molecule has 3 aromatic rings. The van der Waals surface area contributed by atoms with E-state index in [4.69, 9.17) is 21.9 Å². The summed E-state index contributed by atoms with van der Waals surface area (Å²) in [5.41, 5.74) is 3.33. The zero-order valence-corrected chi connectivity index (χ0v) is 20.7. The normalized spacial score (nSPS) is 21.4. The molecule has 9 heteroatoms. The van der Waals surface area contributed by atoms with Crippen molar-refractivity contribution in [2.45, 2.75) is 31.9 Å². The molecule has 178 valence electrons. The quantitative estimate of drug-likeness (QED) is 0.397. The van der Waals surface area contributed by atoms with Gasteiger partial charge in [-0.1, -0.05) is 54.3 Å². The van der Waals surface area contributed by atoms with E-state index in [0.717, 1.165) is 32.4 Å².